The van der Waals surface area contributed by atoms with Gasteiger partial charge in [0.25, 0.3) is 0 Å². The molecule has 0 atom stereocenters. The molecule has 2 heterocycles. The molecule has 2 aromatic rings. The fourth-order valence-corrected chi connectivity index (χ4v) is 2.94. The van der Waals surface area contributed by atoms with Gasteiger partial charge < -0.3 is 4.90 Å². The molecule has 0 spiro atoms. The first-order valence-corrected chi connectivity index (χ1v) is 7.67. The first-order chi connectivity index (χ1) is 10.6. The maximum atomic E-state index is 13.5. The Balaban J connectivity index is 1.65. The smallest absolute Gasteiger partial charge is 0.167 e. The van der Waals surface area contributed by atoms with Gasteiger partial charge in [0, 0.05) is 42.7 Å². The predicted octanol–water partition coefficient (Wildman–Crippen LogP) is 3.97. The van der Waals surface area contributed by atoms with Gasteiger partial charge >= 0.3 is 0 Å². The molecule has 1 aromatic carbocycles. The third-order valence-corrected chi connectivity index (χ3v) is 4.39. The van der Waals surface area contributed by atoms with E-state index >= 15 is 0 Å². The number of carbonyl (C=O) groups excluding carboxylic acids is 1. The second-order valence-electron chi connectivity index (χ2n) is 5.47. The van der Waals surface area contributed by atoms with Crippen LogP contribution in [0.5, 0.6) is 0 Å². The summed E-state index contributed by atoms with van der Waals surface area (Å²) in [4.78, 5) is 18.5. The topological polar surface area (TPSA) is 33.2 Å². The van der Waals surface area contributed by atoms with Crippen molar-refractivity contribution in [1.29, 1.82) is 0 Å². The Morgan fingerprint density at radius 3 is 2.68 bits per heavy atom. The number of rotatable bonds is 3. The van der Waals surface area contributed by atoms with Gasteiger partial charge in [-0.05, 0) is 43.2 Å². The van der Waals surface area contributed by atoms with Crippen LogP contribution < -0.4 is 4.90 Å². The average molecular weight is 319 g/mol. The molecule has 5 heteroatoms. The van der Waals surface area contributed by atoms with E-state index in [2.05, 4.69) is 9.88 Å². The van der Waals surface area contributed by atoms with Gasteiger partial charge in [0.2, 0.25) is 0 Å². The summed E-state index contributed by atoms with van der Waals surface area (Å²) in [7, 11) is 0. The van der Waals surface area contributed by atoms with E-state index in [4.69, 9.17) is 11.6 Å². The number of halogens is 2. The Labute approximate surface area is 133 Å². The zero-order valence-electron chi connectivity index (χ0n) is 12.0. The van der Waals surface area contributed by atoms with Gasteiger partial charge in [-0.25, -0.2) is 4.39 Å². The lowest BCUT2D eigenvalue weighted by Gasteiger charge is -2.33. The highest BCUT2D eigenvalue weighted by atomic mass is 35.5. The zero-order chi connectivity index (χ0) is 15.5. The van der Waals surface area contributed by atoms with E-state index in [1.807, 2.05) is 6.07 Å². The number of anilines is 1. The van der Waals surface area contributed by atoms with Crippen LogP contribution in [0.25, 0.3) is 0 Å². The molecule has 1 aromatic heterocycles. The number of aromatic nitrogens is 1. The molecule has 3 nitrogen and oxygen atoms in total. The van der Waals surface area contributed by atoms with Crippen molar-refractivity contribution >= 4 is 23.1 Å². The maximum absolute atomic E-state index is 13.5. The summed E-state index contributed by atoms with van der Waals surface area (Å²) in [5.74, 6) is -0.250. The van der Waals surface area contributed by atoms with E-state index in [1.165, 1.54) is 6.07 Å². The molecule has 3 rings (SSSR count). The quantitative estimate of drug-likeness (QED) is 0.803. The number of ketones is 1. The van der Waals surface area contributed by atoms with Crippen LogP contribution in [-0.4, -0.2) is 23.9 Å². The summed E-state index contributed by atoms with van der Waals surface area (Å²) in [5, 5.41) is 0.130. The molecule has 1 fully saturated rings. The summed E-state index contributed by atoms with van der Waals surface area (Å²) < 4.78 is 13.5. The Hall–Kier alpha value is -1.94. The molecule has 114 valence electrons. The van der Waals surface area contributed by atoms with Crippen LogP contribution in [0.2, 0.25) is 5.02 Å². The molecule has 1 aliphatic heterocycles. The van der Waals surface area contributed by atoms with E-state index < -0.39 is 5.82 Å². The van der Waals surface area contributed by atoms with E-state index in [-0.39, 0.29) is 16.7 Å². The minimum atomic E-state index is -0.410. The highest BCUT2D eigenvalue weighted by Gasteiger charge is 2.26. The van der Waals surface area contributed by atoms with Crippen LogP contribution in [0.15, 0.2) is 42.7 Å². The van der Waals surface area contributed by atoms with Crippen molar-refractivity contribution < 1.29 is 9.18 Å². The molecule has 1 aliphatic rings. The zero-order valence-corrected chi connectivity index (χ0v) is 12.8. The van der Waals surface area contributed by atoms with Gasteiger partial charge in [0.1, 0.15) is 5.82 Å². The largest absolute Gasteiger partial charge is 0.371 e. The van der Waals surface area contributed by atoms with Crippen molar-refractivity contribution in [3.05, 3.63) is 59.1 Å². The molecule has 0 unspecified atom stereocenters. The summed E-state index contributed by atoms with van der Waals surface area (Å²) in [5.41, 5.74) is 1.48. The van der Waals surface area contributed by atoms with Gasteiger partial charge in [0.15, 0.2) is 5.78 Å². The number of nitrogens with zero attached hydrogens (tertiary/aromatic N) is 2. The highest BCUT2D eigenvalue weighted by molar-refractivity contribution is 6.30. The van der Waals surface area contributed by atoms with Crippen LogP contribution in [0.1, 0.15) is 23.2 Å². The minimum Gasteiger partial charge on any atom is -0.371 e. The van der Waals surface area contributed by atoms with Gasteiger partial charge in [-0.15, -0.1) is 0 Å². The third kappa shape index (κ3) is 3.12. The molecule has 0 N–H and O–H groups in total. The van der Waals surface area contributed by atoms with Crippen molar-refractivity contribution in [3.63, 3.8) is 0 Å². The van der Waals surface area contributed by atoms with Gasteiger partial charge in [-0.3, -0.25) is 9.78 Å². The van der Waals surface area contributed by atoms with E-state index in [9.17, 15) is 9.18 Å². The SMILES string of the molecule is O=C(c1cccnc1)C1CCN(c2ccc(Cl)c(F)c2)CC1. The molecule has 0 amide bonds. The van der Waals surface area contributed by atoms with Gasteiger partial charge in [-0.2, -0.15) is 0 Å². The minimum absolute atomic E-state index is 0.0117. The van der Waals surface area contributed by atoms with E-state index in [0.29, 0.717) is 5.56 Å². The molecule has 1 saturated heterocycles. The van der Waals surface area contributed by atoms with Crippen molar-refractivity contribution in [2.45, 2.75) is 12.8 Å². The van der Waals surface area contributed by atoms with Crippen molar-refractivity contribution in [3.8, 4) is 0 Å². The Morgan fingerprint density at radius 1 is 1.27 bits per heavy atom. The molecular weight excluding hydrogens is 303 g/mol. The van der Waals surface area contributed by atoms with Crippen LogP contribution in [0.3, 0.4) is 0 Å². The van der Waals surface area contributed by atoms with E-state index in [0.717, 1.165) is 31.6 Å². The number of pyridine rings is 1. The number of benzene rings is 1. The normalized spacial score (nSPS) is 15.8. The van der Waals surface area contributed by atoms with Crippen LogP contribution >= 0.6 is 11.6 Å². The summed E-state index contributed by atoms with van der Waals surface area (Å²) in [6.45, 7) is 1.47. The number of piperidine rings is 1. The second-order valence-corrected chi connectivity index (χ2v) is 5.87. The highest BCUT2D eigenvalue weighted by Crippen LogP contribution is 2.27. The summed E-state index contributed by atoms with van der Waals surface area (Å²) in [6.07, 6.45) is 4.80. The standard InChI is InChI=1S/C17H16ClFN2O/c18-15-4-3-14(10-16(15)19)21-8-5-12(6-9-21)17(22)13-2-1-7-20-11-13/h1-4,7,10-12H,5-6,8-9H2. The lowest BCUT2D eigenvalue weighted by atomic mass is 9.89. The lowest BCUT2D eigenvalue weighted by molar-refractivity contribution is 0.0900. The summed E-state index contributed by atoms with van der Waals surface area (Å²) >= 11 is 5.71. The Kier molecular flexibility index (Phi) is 4.39. The Morgan fingerprint density at radius 2 is 2.05 bits per heavy atom. The second kappa shape index (κ2) is 6.44. The molecule has 22 heavy (non-hydrogen) atoms. The number of hydrogen-bond donors (Lipinski definition) is 0. The van der Waals surface area contributed by atoms with Crippen molar-refractivity contribution in [2.75, 3.05) is 18.0 Å². The molecule has 0 radical (unpaired) electrons. The van der Waals surface area contributed by atoms with Gasteiger partial charge in [0.05, 0.1) is 5.02 Å². The monoisotopic (exact) mass is 318 g/mol. The lowest BCUT2D eigenvalue weighted by Crippen LogP contribution is -2.36. The third-order valence-electron chi connectivity index (χ3n) is 4.08. The molecule has 0 saturated carbocycles. The number of hydrogen-bond acceptors (Lipinski definition) is 3. The van der Waals surface area contributed by atoms with Crippen LogP contribution in [-0.2, 0) is 0 Å². The van der Waals surface area contributed by atoms with Gasteiger partial charge in [-0.1, -0.05) is 11.6 Å². The first-order valence-electron chi connectivity index (χ1n) is 7.29. The molecular formula is C17H16ClFN2O. The first kappa shape index (κ1) is 15.0. The fourth-order valence-electron chi connectivity index (χ4n) is 2.83. The predicted molar refractivity (Wildman–Crippen MR) is 84.9 cm³/mol. The average Bonchev–Trinajstić information content (AvgIpc) is 2.58. The summed E-state index contributed by atoms with van der Waals surface area (Å²) in [6, 6.07) is 8.41. The van der Waals surface area contributed by atoms with Crippen LogP contribution in [0, 0.1) is 11.7 Å². The fraction of sp³-hybridized carbons (Fsp3) is 0.294. The van der Waals surface area contributed by atoms with E-state index in [1.54, 1.807) is 30.6 Å². The van der Waals surface area contributed by atoms with Crippen LogP contribution in [0.4, 0.5) is 10.1 Å². The maximum Gasteiger partial charge on any atom is 0.167 e. The van der Waals surface area contributed by atoms with Crippen molar-refractivity contribution in [2.24, 2.45) is 5.92 Å². The van der Waals surface area contributed by atoms with Crippen molar-refractivity contribution in [1.82, 2.24) is 4.98 Å². The number of carbonyl (C=O) groups is 1. The Bertz CT molecular complexity index is 670. The number of Topliss-reactive ketones (excluding diaryl/α,β-unsaturated/α-hetero) is 1. The molecule has 0 bridgehead atoms. The molecule has 0 aliphatic carbocycles.